The zero-order valence-corrected chi connectivity index (χ0v) is 19.2. The topological polar surface area (TPSA) is 18.5 Å². The summed E-state index contributed by atoms with van der Waals surface area (Å²) in [7, 11) is 0. The Morgan fingerprint density at radius 3 is 2.55 bits per heavy atom. The van der Waals surface area contributed by atoms with Gasteiger partial charge in [-0.1, -0.05) is 40.5 Å². The van der Waals surface area contributed by atoms with Crippen LogP contribution in [0.4, 0.5) is 0 Å². The minimum Gasteiger partial charge on any atom is -0.349 e. The maximum atomic E-state index is 6.95. The summed E-state index contributed by atoms with van der Waals surface area (Å²) in [6.07, 6.45) is 15.2. The Morgan fingerprint density at radius 1 is 0.828 bits per heavy atom. The van der Waals surface area contributed by atoms with Crippen LogP contribution in [0, 0.1) is 57.7 Å². The molecule has 2 heteroatoms. The second-order valence-electron chi connectivity index (χ2n) is 13.5. The lowest BCUT2D eigenvalue weighted by Gasteiger charge is -2.60. The van der Waals surface area contributed by atoms with Crippen LogP contribution in [0.1, 0.15) is 91.9 Å². The highest BCUT2D eigenvalue weighted by molar-refractivity contribution is 5.31. The number of hydrogen-bond acceptors (Lipinski definition) is 2. The molecular formula is C27H42O2. The first-order valence-electron chi connectivity index (χ1n) is 13.2. The van der Waals surface area contributed by atoms with Gasteiger partial charge < -0.3 is 9.47 Å². The van der Waals surface area contributed by atoms with Gasteiger partial charge in [0.25, 0.3) is 0 Å². The summed E-state index contributed by atoms with van der Waals surface area (Å²) in [5.74, 6) is 5.84. The van der Waals surface area contributed by atoms with Crippen molar-refractivity contribution in [2.45, 2.75) is 104 Å². The minimum absolute atomic E-state index is 0.188. The molecule has 5 saturated carbocycles. The molecule has 0 radical (unpaired) electrons. The summed E-state index contributed by atoms with van der Waals surface area (Å²) in [6, 6.07) is 0. The summed E-state index contributed by atoms with van der Waals surface area (Å²) >= 11 is 0. The standard InChI is InChI=1S/C27H42O2/c1-16-13-22-26(4)23-21(29-27(22,26)28-15-16)14-20-18-9-8-17-7-5-6-11-24(17,2)19(18)10-12-25(20,23)3/h16-23H,5-15H2,1-4H3/t16-,17-,18+,19-,20-,21-,22?,23-,24-,25-,26-,27+/m0/s1. The molecule has 2 nitrogen and oxygen atoms in total. The normalized spacial score (nSPS) is 67.4. The molecule has 0 bridgehead atoms. The Bertz CT molecular complexity index is 734. The van der Waals surface area contributed by atoms with Gasteiger partial charge in [0.15, 0.2) is 5.79 Å². The molecule has 7 aliphatic rings. The molecule has 0 N–H and O–H groups in total. The molecule has 0 aromatic carbocycles. The number of fused-ring (bicyclic) bond motifs is 9. The predicted molar refractivity (Wildman–Crippen MR) is 114 cm³/mol. The predicted octanol–water partition coefficient (Wildman–Crippen LogP) is 6.43. The molecule has 0 aromatic heterocycles. The zero-order valence-electron chi connectivity index (χ0n) is 19.2. The zero-order chi connectivity index (χ0) is 19.8. The third-order valence-corrected chi connectivity index (χ3v) is 12.6. The van der Waals surface area contributed by atoms with Crippen molar-refractivity contribution in [1.82, 2.24) is 0 Å². The summed E-state index contributed by atoms with van der Waals surface area (Å²) in [4.78, 5) is 0. The third kappa shape index (κ3) is 1.92. The molecule has 2 aliphatic heterocycles. The first-order valence-corrected chi connectivity index (χ1v) is 13.2. The van der Waals surface area contributed by atoms with E-state index in [9.17, 15) is 0 Å². The Kier molecular flexibility index (Phi) is 3.48. The van der Waals surface area contributed by atoms with Gasteiger partial charge in [-0.05, 0) is 91.8 Å². The van der Waals surface area contributed by atoms with E-state index >= 15 is 0 Å². The summed E-state index contributed by atoms with van der Waals surface area (Å²) < 4.78 is 13.5. The molecule has 0 amide bonds. The lowest BCUT2D eigenvalue weighted by atomic mass is 9.44. The van der Waals surface area contributed by atoms with Crippen molar-refractivity contribution in [3.05, 3.63) is 0 Å². The van der Waals surface area contributed by atoms with Crippen molar-refractivity contribution in [2.75, 3.05) is 6.61 Å². The molecule has 5 aliphatic carbocycles. The van der Waals surface area contributed by atoms with Gasteiger partial charge >= 0.3 is 0 Å². The van der Waals surface area contributed by atoms with Gasteiger partial charge in [-0.15, -0.1) is 0 Å². The van der Waals surface area contributed by atoms with Crippen LogP contribution in [0.5, 0.6) is 0 Å². The van der Waals surface area contributed by atoms with Crippen LogP contribution in [-0.4, -0.2) is 18.5 Å². The van der Waals surface area contributed by atoms with Crippen molar-refractivity contribution in [1.29, 1.82) is 0 Å². The fourth-order valence-corrected chi connectivity index (χ4v) is 11.4. The Morgan fingerprint density at radius 2 is 1.69 bits per heavy atom. The summed E-state index contributed by atoms with van der Waals surface area (Å²) in [5.41, 5.74) is 1.44. The van der Waals surface area contributed by atoms with Gasteiger partial charge in [-0.2, -0.15) is 0 Å². The quantitative estimate of drug-likeness (QED) is 0.468. The lowest BCUT2D eigenvalue weighted by Crippen LogP contribution is -2.53. The van der Waals surface area contributed by atoms with Crippen molar-refractivity contribution in [3.8, 4) is 0 Å². The third-order valence-electron chi connectivity index (χ3n) is 12.6. The van der Waals surface area contributed by atoms with E-state index in [1.807, 2.05) is 0 Å². The number of rotatable bonds is 0. The molecule has 2 saturated heterocycles. The fourth-order valence-electron chi connectivity index (χ4n) is 11.4. The summed E-state index contributed by atoms with van der Waals surface area (Å²) in [5, 5.41) is 0. The van der Waals surface area contributed by atoms with E-state index in [1.165, 1.54) is 64.2 Å². The lowest BCUT2D eigenvalue weighted by molar-refractivity contribution is -0.211. The second-order valence-corrected chi connectivity index (χ2v) is 13.5. The van der Waals surface area contributed by atoms with Crippen molar-refractivity contribution in [2.24, 2.45) is 57.7 Å². The largest absolute Gasteiger partial charge is 0.349 e. The average Bonchev–Trinajstić information content (AvgIpc) is 2.94. The maximum absolute atomic E-state index is 6.95. The van der Waals surface area contributed by atoms with Crippen LogP contribution >= 0.6 is 0 Å². The van der Waals surface area contributed by atoms with Crippen LogP contribution in [0.2, 0.25) is 0 Å². The van der Waals surface area contributed by atoms with E-state index in [0.717, 1.165) is 36.2 Å². The van der Waals surface area contributed by atoms with Crippen LogP contribution < -0.4 is 0 Å². The van der Waals surface area contributed by atoms with E-state index in [2.05, 4.69) is 27.7 Å². The Balaban J connectivity index is 1.22. The fraction of sp³-hybridized carbons (Fsp3) is 1.00. The van der Waals surface area contributed by atoms with Gasteiger partial charge in [0.05, 0.1) is 12.7 Å². The second kappa shape index (κ2) is 5.45. The summed E-state index contributed by atoms with van der Waals surface area (Å²) in [6.45, 7) is 11.3. The molecule has 29 heavy (non-hydrogen) atoms. The van der Waals surface area contributed by atoms with Crippen molar-refractivity contribution >= 4 is 0 Å². The first-order chi connectivity index (χ1) is 13.8. The maximum Gasteiger partial charge on any atom is 0.178 e. The van der Waals surface area contributed by atoms with Gasteiger partial charge in [-0.3, -0.25) is 0 Å². The molecule has 0 aromatic rings. The van der Waals surface area contributed by atoms with Crippen LogP contribution in [0.25, 0.3) is 0 Å². The SMILES string of the molecule is C[C@@H]1CO[C@]23O[C@H]4C[C@H]5[C@@H]6CC[C@@H]7CCCC[C@]7(C)[C@H]6CC[C@]5(C)[C@H]4[C@]2(C)C3C1. The molecule has 12 atom stereocenters. The molecule has 1 spiro atoms. The minimum atomic E-state index is -0.188. The van der Waals surface area contributed by atoms with Crippen LogP contribution in [0.15, 0.2) is 0 Å². The van der Waals surface area contributed by atoms with E-state index in [-0.39, 0.29) is 5.79 Å². The van der Waals surface area contributed by atoms with Crippen LogP contribution in [0.3, 0.4) is 0 Å². The highest BCUT2D eigenvalue weighted by atomic mass is 16.7. The van der Waals surface area contributed by atoms with Gasteiger partial charge in [-0.25, -0.2) is 0 Å². The monoisotopic (exact) mass is 398 g/mol. The molecular weight excluding hydrogens is 356 g/mol. The van der Waals surface area contributed by atoms with Gasteiger partial charge in [0.1, 0.15) is 0 Å². The van der Waals surface area contributed by atoms with Crippen molar-refractivity contribution in [3.63, 3.8) is 0 Å². The first kappa shape index (κ1) is 18.5. The highest BCUT2D eigenvalue weighted by Crippen LogP contribution is 2.84. The number of hydrogen-bond donors (Lipinski definition) is 0. The van der Waals surface area contributed by atoms with Crippen LogP contribution in [-0.2, 0) is 9.47 Å². The molecule has 7 fully saturated rings. The van der Waals surface area contributed by atoms with E-state index in [0.29, 0.717) is 34.2 Å². The Labute approximate surface area is 177 Å². The van der Waals surface area contributed by atoms with E-state index in [4.69, 9.17) is 9.47 Å². The number of ether oxygens (including phenoxy) is 2. The molecule has 1 unspecified atom stereocenters. The molecule has 162 valence electrons. The smallest absolute Gasteiger partial charge is 0.178 e. The van der Waals surface area contributed by atoms with Gasteiger partial charge in [0, 0.05) is 17.3 Å². The molecule has 7 rings (SSSR count). The van der Waals surface area contributed by atoms with E-state index < -0.39 is 0 Å². The van der Waals surface area contributed by atoms with E-state index in [1.54, 1.807) is 0 Å². The average molecular weight is 399 g/mol. The Hall–Kier alpha value is -0.0800. The van der Waals surface area contributed by atoms with Gasteiger partial charge in [0.2, 0.25) is 0 Å². The highest BCUT2D eigenvalue weighted by Gasteiger charge is 2.89. The van der Waals surface area contributed by atoms with Crippen molar-refractivity contribution < 1.29 is 9.47 Å². The molecule has 2 heterocycles.